The first kappa shape index (κ1) is 20.6. The molecule has 1 atom stereocenters. The molecule has 154 valence electrons. The minimum atomic E-state index is -0.151. The SMILES string of the molecule is CCN1C(=S)NC(c2ccc(SC)cc2)C(c2nc(-c3cccc(C)c3)no2)=C1C. The number of thiocarbonyl (C=S) groups is 1. The lowest BCUT2D eigenvalue weighted by atomic mass is 9.95. The molecule has 5 nitrogen and oxygen atoms in total. The molecule has 2 aromatic carbocycles. The maximum atomic E-state index is 5.76. The summed E-state index contributed by atoms with van der Waals surface area (Å²) in [6.45, 7) is 6.95. The van der Waals surface area contributed by atoms with Gasteiger partial charge in [0.15, 0.2) is 5.11 Å². The molecule has 0 amide bonds. The highest BCUT2D eigenvalue weighted by molar-refractivity contribution is 7.98. The van der Waals surface area contributed by atoms with E-state index in [1.807, 2.05) is 12.1 Å². The van der Waals surface area contributed by atoms with E-state index in [2.05, 4.69) is 78.8 Å². The molecule has 7 heteroatoms. The smallest absolute Gasteiger partial charge is 0.258 e. The fraction of sp³-hybridized carbons (Fsp3) is 0.261. The molecule has 0 aliphatic carbocycles. The van der Waals surface area contributed by atoms with Gasteiger partial charge in [-0.2, -0.15) is 4.98 Å². The molecule has 1 N–H and O–H groups in total. The first-order valence-corrected chi connectivity index (χ1v) is 11.5. The minimum Gasteiger partial charge on any atom is -0.351 e. The van der Waals surface area contributed by atoms with Gasteiger partial charge in [0.25, 0.3) is 5.89 Å². The molecule has 1 aromatic heterocycles. The van der Waals surface area contributed by atoms with Crippen LogP contribution in [0.3, 0.4) is 0 Å². The molecule has 1 unspecified atom stereocenters. The Morgan fingerprint density at radius 2 is 1.93 bits per heavy atom. The van der Waals surface area contributed by atoms with Crippen LogP contribution in [0.15, 0.2) is 63.6 Å². The summed E-state index contributed by atoms with van der Waals surface area (Å²) in [5.41, 5.74) is 5.18. The first-order chi connectivity index (χ1) is 14.5. The maximum Gasteiger partial charge on any atom is 0.258 e. The Balaban J connectivity index is 1.80. The van der Waals surface area contributed by atoms with E-state index in [1.54, 1.807) is 11.8 Å². The number of rotatable bonds is 5. The van der Waals surface area contributed by atoms with E-state index < -0.39 is 0 Å². The molecule has 0 fully saturated rings. The molecule has 0 saturated carbocycles. The van der Waals surface area contributed by atoms with Crippen LogP contribution in [-0.4, -0.2) is 33.0 Å². The van der Waals surface area contributed by atoms with E-state index in [9.17, 15) is 0 Å². The molecule has 0 radical (unpaired) electrons. The van der Waals surface area contributed by atoms with Crippen LogP contribution in [0.2, 0.25) is 0 Å². The lowest BCUT2D eigenvalue weighted by molar-refractivity contribution is 0.398. The van der Waals surface area contributed by atoms with Gasteiger partial charge in [-0.3, -0.25) is 0 Å². The third kappa shape index (κ3) is 3.87. The van der Waals surface area contributed by atoms with Gasteiger partial charge in [0.1, 0.15) is 0 Å². The average Bonchev–Trinajstić information content (AvgIpc) is 3.23. The van der Waals surface area contributed by atoms with Gasteiger partial charge in [-0.15, -0.1) is 11.8 Å². The zero-order chi connectivity index (χ0) is 21.3. The molecule has 0 spiro atoms. The number of nitrogens with zero attached hydrogens (tertiary/aromatic N) is 3. The lowest BCUT2D eigenvalue weighted by Crippen LogP contribution is -2.45. The van der Waals surface area contributed by atoms with Crippen molar-refractivity contribution in [2.24, 2.45) is 0 Å². The normalized spacial score (nSPS) is 16.7. The van der Waals surface area contributed by atoms with Gasteiger partial charge >= 0.3 is 0 Å². The molecule has 2 heterocycles. The van der Waals surface area contributed by atoms with Gasteiger partial charge in [-0.05, 0) is 63.0 Å². The second-order valence-electron chi connectivity index (χ2n) is 7.19. The number of allylic oxidation sites excluding steroid dienone is 1. The fourth-order valence-electron chi connectivity index (χ4n) is 3.72. The Hall–Kier alpha value is -2.64. The van der Waals surface area contributed by atoms with Crippen LogP contribution in [0.4, 0.5) is 0 Å². The van der Waals surface area contributed by atoms with Crippen LogP contribution in [0.1, 0.15) is 36.9 Å². The average molecular weight is 437 g/mol. The molecule has 4 rings (SSSR count). The zero-order valence-electron chi connectivity index (χ0n) is 17.5. The summed E-state index contributed by atoms with van der Waals surface area (Å²) in [6.07, 6.45) is 2.07. The van der Waals surface area contributed by atoms with Crippen LogP contribution < -0.4 is 5.32 Å². The minimum absolute atomic E-state index is 0.151. The lowest BCUT2D eigenvalue weighted by Gasteiger charge is -2.36. The Bertz CT molecular complexity index is 1100. The summed E-state index contributed by atoms with van der Waals surface area (Å²) >= 11 is 7.36. The zero-order valence-corrected chi connectivity index (χ0v) is 19.1. The highest BCUT2D eigenvalue weighted by atomic mass is 32.2. The van der Waals surface area contributed by atoms with E-state index in [1.165, 1.54) is 4.90 Å². The number of hydrogen-bond acceptors (Lipinski definition) is 5. The van der Waals surface area contributed by atoms with E-state index in [4.69, 9.17) is 21.7 Å². The maximum absolute atomic E-state index is 5.76. The summed E-state index contributed by atoms with van der Waals surface area (Å²) in [5.74, 6) is 1.10. The van der Waals surface area contributed by atoms with Crippen LogP contribution in [-0.2, 0) is 0 Å². The number of aromatic nitrogens is 2. The fourth-order valence-corrected chi connectivity index (χ4v) is 4.51. The van der Waals surface area contributed by atoms with Gasteiger partial charge in [0.2, 0.25) is 5.82 Å². The van der Waals surface area contributed by atoms with Crippen molar-refractivity contribution >= 4 is 34.7 Å². The van der Waals surface area contributed by atoms with E-state index >= 15 is 0 Å². The number of nitrogens with one attached hydrogen (secondary N) is 1. The van der Waals surface area contributed by atoms with E-state index in [-0.39, 0.29) is 6.04 Å². The molecule has 30 heavy (non-hydrogen) atoms. The summed E-state index contributed by atoms with van der Waals surface area (Å²) in [6, 6.07) is 16.4. The van der Waals surface area contributed by atoms with Crippen molar-refractivity contribution in [3.63, 3.8) is 0 Å². The highest BCUT2D eigenvalue weighted by Crippen LogP contribution is 2.37. The van der Waals surface area contributed by atoms with Crippen LogP contribution >= 0.6 is 24.0 Å². The number of aryl methyl sites for hydroxylation is 1. The van der Waals surface area contributed by atoms with Crippen molar-refractivity contribution in [3.05, 3.63) is 71.2 Å². The molecule has 3 aromatic rings. The van der Waals surface area contributed by atoms with E-state index in [0.29, 0.717) is 16.8 Å². The quantitative estimate of drug-likeness (QED) is 0.422. The third-order valence-electron chi connectivity index (χ3n) is 5.29. The molecular weight excluding hydrogens is 412 g/mol. The second-order valence-corrected chi connectivity index (χ2v) is 8.46. The number of benzene rings is 2. The third-order valence-corrected chi connectivity index (χ3v) is 6.38. The molecule has 1 aliphatic rings. The van der Waals surface area contributed by atoms with Crippen molar-refractivity contribution < 1.29 is 4.52 Å². The van der Waals surface area contributed by atoms with Crippen LogP contribution in [0.5, 0.6) is 0 Å². The Morgan fingerprint density at radius 1 is 1.17 bits per heavy atom. The molecule has 0 bridgehead atoms. The van der Waals surface area contributed by atoms with Gasteiger partial charge < -0.3 is 14.7 Å². The topological polar surface area (TPSA) is 54.2 Å². The first-order valence-electron chi connectivity index (χ1n) is 9.85. The van der Waals surface area contributed by atoms with Crippen LogP contribution in [0, 0.1) is 6.92 Å². The Labute approximate surface area is 186 Å². The van der Waals surface area contributed by atoms with E-state index in [0.717, 1.165) is 34.5 Å². The van der Waals surface area contributed by atoms with Gasteiger partial charge in [0, 0.05) is 22.7 Å². The van der Waals surface area contributed by atoms with Gasteiger partial charge in [-0.25, -0.2) is 0 Å². The molecule has 0 saturated heterocycles. The van der Waals surface area contributed by atoms with Crippen molar-refractivity contribution in [2.45, 2.75) is 31.7 Å². The summed E-state index contributed by atoms with van der Waals surface area (Å²) in [5, 5.41) is 8.44. The molecular formula is C23H24N4OS2. The second kappa shape index (κ2) is 8.62. The number of thioether (sulfide) groups is 1. The van der Waals surface area contributed by atoms with Crippen molar-refractivity contribution in [3.8, 4) is 11.4 Å². The predicted octanol–water partition coefficient (Wildman–Crippen LogP) is 5.45. The summed E-state index contributed by atoms with van der Waals surface area (Å²) in [7, 11) is 0. The van der Waals surface area contributed by atoms with Crippen LogP contribution in [0.25, 0.3) is 17.0 Å². The Morgan fingerprint density at radius 3 is 2.60 bits per heavy atom. The van der Waals surface area contributed by atoms with Crippen molar-refractivity contribution in [1.82, 2.24) is 20.4 Å². The molecule has 1 aliphatic heterocycles. The standard InChI is InChI=1S/C23H24N4OS2/c1-5-27-15(3)19(20(24-23(27)29)16-9-11-18(30-4)12-10-16)22-25-21(26-28-22)17-8-6-7-14(2)13-17/h6-13,20H,5H2,1-4H3,(H,24,29). The largest absolute Gasteiger partial charge is 0.351 e. The monoisotopic (exact) mass is 436 g/mol. The van der Waals surface area contributed by atoms with Crippen molar-refractivity contribution in [1.29, 1.82) is 0 Å². The number of hydrogen-bond donors (Lipinski definition) is 1. The predicted molar refractivity (Wildman–Crippen MR) is 126 cm³/mol. The summed E-state index contributed by atoms with van der Waals surface area (Å²) < 4.78 is 5.76. The van der Waals surface area contributed by atoms with Crippen molar-refractivity contribution in [2.75, 3.05) is 12.8 Å². The van der Waals surface area contributed by atoms with Gasteiger partial charge in [-0.1, -0.05) is 41.1 Å². The van der Waals surface area contributed by atoms with Gasteiger partial charge in [0.05, 0.1) is 11.6 Å². The summed E-state index contributed by atoms with van der Waals surface area (Å²) in [4.78, 5) is 8.03. The highest BCUT2D eigenvalue weighted by Gasteiger charge is 2.33. The Kier molecular flexibility index (Phi) is 5.92.